The quantitative estimate of drug-likeness (QED) is 0.257. The van der Waals surface area contributed by atoms with Gasteiger partial charge in [-0.3, -0.25) is 0 Å². The van der Waals surface area contributed by atoms with Crippen LogP contribution in [0.5, 0.6) is 0 Å². The predicted molar refractivity (Wildman–Crippen MR) is 158 cm³/mol. The lowest BCUT2D eigenvalue weighted by molar-refractivity contribution is 0.828. The second-order valence-electron chi connectivity index (χ2n) is 9.40. The largest absolute Gasteiger partial charge is 0.359 e. The topological polar surface area (TPSA) is 53.9 Å². The van der Waals surface area contributed by atoms with Crippen LogP contribution in [0.15, 0.2) is 140 Å². The normalized spacial score (nSPS) is 14.1. The Morgan fingerprint density at radius 1 is 0.487 bits per heavy atom. The zero-order valence-corrected chi connectivity index (χ0v) is 21.1. The molecule has 1 N–H and O–H groups in total. The predicted octanol–water partition coefficient (Wildman–Crippen LogP) is 8.14. The summed E-state index contributed by atoms with van der Waals surface area (Å²) in [5.74, 6) is 1.94. The van der Waals surface area contributed by atoms with Crippen LogP contribution in [-0.2, 0) is 0 Å². The molecule has 1 atom stereocenters. The third-order valence-electron chi connectivity index (χ3n) is 6.94. The maximum atomic E-state index is 5.01. The molecule has 1 aliphatic heterocycles. The van der Waals surface area contributed by atoms with Crippen molar-refractivity contribution in [2.75, 3.05) is 10.2 Å². The van der Waals surface area contributed by atoms with E-state index in [9.17, 15) is 0 Å². The Morgan fingerprint density at radius 3 is 1.67 bits per heavy atom. The lowest BCUT2D eigenvalue weighted by Gasteiger charge is -2.28. The summed E-state index contributed by atoms with van der Waals surface area (Å²) in [6.07, 6.45) is -0.141. The standard InChI is InChI=1S/C34H25N5/c1-4-14-24(15-5-1)31-36-32(25-16-6-2-7-17-25)38-33(37-31)27-20-10-11-21-28(27)34-35-29-22-12-13-23-30(29)39(34)26-18-8-3-9-19-26/h1-23,34-35H. The molecule has 0 bridgehead atoms. The van der Waals surface area contributed by atoms with Crippen LogP contribution in [0.2, 0.25) is 0 Å². The van der Waals surface area contributed by atoms with Gasteiger partial charge >= 0.3 is 0 Å². The van der Waals surface area contributed by atoms with E-state index in [0.717, 1.165) is 39.3 Å². The first-order valence-electron chi connectivity index (χ1n) is 13.0. The molecule has 186 valence electrons. The lowest BCUT2D eigenvalue weighted by Crippen LogP contribution is -2.24. The van der Waals surface area contributed by atoms with E-state index >= 15 is 0 Å². The van der Waals surface area contributed by atoms with Crippen molar-refractivity contribution in [2.45, 2.75) is 6.17 Å². The minimum absolute atomic E-state index is 0.141. The first-order chi connectivity index (χ1) is 19.3. The highest BCUT2D eigenvalue weighted by Gasteiger charge is 2.33. The minimum atomic E-state index is -0.141. The van der Waals surface area contributed by atoms with Gasteiger partial charge in [0.25, 0.3) is 0 Å². The molecule has 1 aromatic heterocycles. The number of hydrogen-bond donors (Lipinski definition) is 1. The molecular weight excluding hydrogens is 478 g/mol. The van der Waals surface area contributed by atoms with E-state index in [1.165, 1.54) is 0 Å². The van der Waals surface area contributed by atoms with Crippen LogP contribution in [0.25, 0.3) is 34.2 Å². The van der Waals surface area contributed by atoms with Gasteiger partial charge in [0.1, 0.15) is 6.17 Å². The molecule has 7 rings (SSSR count). The van der Waals surface area contributed by atoms with E-state index in [2.05, 4.69) is 76.9 Å². The van der Waals surface area contributed by atoms with Crippen LogP contribution in [-0.4, -0.2) is 15.0 Å². The fourth-order valence-electron chi connectivity index (χ4n) is 5.12. The van der Waals surface area contributed by atoms with Crippen molar-refractivity contribution in [3.8, 4) is 34.2 Å². The molecule has 0 saturated carbocycles. The molecule has 0 amide bonds. The van der Waals surface area contributed by atoms with Crippen LogP contribution in [0.3, 0.4) is 0 Å². The maximum absolute atomic E-state index is 5.01. The van der Waals surface area contributed by atoms with Crippen molar-refractivity contribution in [3.05, 3.63) is 145 Å². The summed E-state index contributed by atoms with van der Waals surface area (Å²) in [5, 5.41) is 3.76. The Balaban J connectivity index is 1.41. The first-order valence-corrected chi connectivity index (χ1v) is 13.0. The number of benzene rings is 5. The highest BCUT2D eigenvalue weighted by molar-refractivity contribution is 5.84. The highest BCUT2D eigenvalue weighted by Crippen LogP contribution is 2.47. The van der Waals surface area contributed by atoms with Gasteiger partial charge in [-0.25, -0.2) is 15.0 Å². The molecule has 0 spiro atoms. The Hall–Kier alpha value is -5.29. The summed E-state index contributed by atoms with van der Waals surface area (Å²) < 4.78 is 0. The molecule has 5 nitrogen and oxygen atoms in total. The van der Waals surface area contributed by atoms with Crippen LogP contribution < -0.4 is 10.2 Å². The number of fused-ring (bicyclic) bond motifs is 1. The van der Waals surface area contributed by atoms with Gasteiger partial charge in [-0.15, -0.1) is 0 Å². The van der Waals surface area contributed by atoms with Crippen molar-refractivity contribution in [1.82, 2.24) is 15.0 Å². The van der Waals surface area contributed by atoms with Gasteiger partial charge < -0.3 is 10.2 Å². The smallest absolute Gasteiger partial charge is 0.164 e. The summed E-state index contributed by atoms with van der Waals surface area (Å²) in [4.78, 5) is 17.2. The summed E-state index contributed by atoms with van der Waals surface area (Å²) in [6.45, 7) is 0. The van der Waals surface area contributed by atoms with Crippen molar-refractivity contribution < 1.29 is 0 Å². The van der Waals surface area contributed by atoms with E-state index < -0.39 is 0 Å². The van der Waals surface area contributed by atoms with Crippen LogP contribution in [0, 0.1) is 0 Å². The first kappa shape index (κ1) is 22.9. The Kier molecular flexibility index (Phi) is 5.79. The molecule has 0 aliphatic carbocycles. The van der Waals surface area contributed by atoms with E-state index in [4.69, 9.17) is 15.0 Å². The summed E-state index contributed by atoms with van der Waals surface area (Å²) in [6, 6.07) is 47.4. The molecule has 5 heteroatoms. The van der Waals surface area contributed by atoms with Gasteiger partial charge in [-0.05, 0) is 24.3 Å². The van der Waals surface area contributed by atoms with E-state index in [0.29, 0.717) is 17.5 Å². The molecule has 39 heavy (non-hydrogen) atoms. The minimum Gasteiger partial charge on any atom is -0.359 e. The molecule has 1 aliphatic rings. The Bertz CT molecular complexity index is 1680. The summed E-state index contributed by atoms with van der Waals surface area (Å²) in [5.41, 5.74) is 7.28. The van der Waals surface area contributed by atoms with Crippen molar-refractivity contribution in [2.24, 2.45) is 0 Å². The summed E-state index contributed by atoms with van der Waals surface area (Å²) in [7, 11) is 0. The average molecular weight is 504 g/mol. The van der Waals surface area contributed by atoms with Gasteiger partial charge in [-0.1, -0.05) is 115 Å². The third-order valence-corrected chi connectivity index (χ3v) is 6.94. The zero-order valence-electron chi connectivity index (χ0n) is 21.1. The fourth-order valence-corrected chi connectivity index (χ4v) is 5.12. The van der Waals surface area contributed by atoms with E-state index in [1.807, 2.05) is 72.8 Å². The Morgan fingerprint density at radius 2 is 1.00 bits per heavy atom. The molecule has 1 unspecified atom stereocenters. The van der Waals surface area contributed by atoms with Crippen LogP contribution in [0.1, 0.15) is 11.7 Å². The van der Waals surface area contributed by atoms with Crippen molar-refractivity contribution in [3.63, 3.8) is 0 Å². The molecule has 5 aromatic carbocycles. The number of nitrogens with zero attached hydrogens (tertiary/aromatic N) is 4. The molecule has 0 saturated heterocycles. The number of nitrogens with one attached hydrogen (secondary N) is 1. The summed E-state index contributed by atoms with van der Waals surface area (Å²) >= 11 is 0. The highest BCUT2D eigenvalue weighted by atomic mass is 15.3. The zero-order chi connectivity index (χ0) is 26.0. The number of para-hydroxylation sites is 3. The SMILES string of the molecule is c1ccc(-c2nc(-c3ccccc3)nc(-c3ccccc3C3Nc4ccccc4N3c3ccccc3)n2)cc1. The average Bonchev–Trinajstić information content (AvgIpc) is 3.42. The maximum Gasteiger partial charge on any atom is 0.164 e. The molecular formula is C34H25N5. The number of hydrogen-bond acceptors (Lipinski definition) is 5. The van der Waals surface area contributed by atoms with Crippen molar-refractivity contribution >= 4 is 17.1 Å². The number of anilines is 3. The van der Waals surface area contributed by atoms with Crippen molar-refractivity contribution in [1.29, 1.82) is 0 Å². The van der Waals surface area contributed by atoms with Gasteiger partial charge in [0.2, 0.25) is 0 Å². The van der Waals surface area contributed by atoms with Gasteiger partial charge in [0, 0.05) is 27.9 Å². The number of aromatic nitrogens is 3. The van der Waals surface area contributed by atoms with E-state index in [1.54, 1.807) is 0 Å². The second kappa shape index (κ2) is 9.88. The molecule has 0 fully saturated rings. The second-order valence-corrected chi connectivity index (χ2v) is 9.40. The fraction of sp³-hybridized carbons (Fsp3) is 0.0294. The lowest BCUT2D eigenvalue weighted by atomic mass is 10.0. The number of rotatable bonds is 5. The van der Waals surface area contributed by atoms with Gasteiger partial charge in [0.15, 0.2) is 17.5 Å². The Labute approximate surface area is 227 Å². The molecule has 2 heterocycles. The molecule has 6 aromatic rings. The third kappa shape index (κ3) is 4.30. The monoisotopic (exact) mass is 503 g/mol. The van der Waals surface area contributed by atoms with Gasteiger partial charge in [0.05, 0.1) is 11.4 Å². The van der Waals surface area contributed by atoms with Crippen LogP contribution >= 0.6 is 0 Å². The molecule has 0 radical (unpaired) electrons. The van der Waals surface area contributed by atoms with E-state index in [-0.39, 0.29) is 6.17 Å². The van der Waals surface area contributed by atoms with Gasteiger partial charge in [-0.2, -0.15) is 0 Å². The van der Waals surface area contributed by atoms with Crippen LogP contribution in [0.4, 0.5) is 17.1 Å².